The Bertz CT molecular complexity index is 1230. The van der Waals surface area contributed by atoms with Gasteiger partial charge in [-0.15, -0.1) is 0 Å². The zero-order valence-electron chi connectivity index (χ0n) is 17.9. The van der Waals surface area contributed by atoms with E-state index in [2.05, 4.69) is 0 Å². The topological polar surface area (TPSA) is 66.8 Å². The average molecular weight is 431 g/mol. The van der Waals surface area contributed by atoms with Gasteiger partial charge >= 0.3 is 0 Å². The number of aliphatic hydroxyl groups is 1. The number of hydrogen-bond donors (Lipinski definition) is 1. The van der Waals surface area contributed by atoms with Gasteiger partial charge in [0, 0.05) is 11.3 Å². The molecule has 32 heavy (non-hydrogen) atoms. The van der Waals surface area contributed by atoms with Crippen molar-refractivity contribution in [2.75, 3.05) is 12.0 Å². The highest BCUT2D eigenvalue weighted by Crippen LogP contribution is 2.43. The van der Waals surface area contributed by atoms with Gasteiger partial charge in [0.05, 0.1) is 18.7 Å². The fourth-order valence-electron chi connectivity index (χ4n) is 4.02. The monoisotopic (exact) mass is 431 g/mol. The highest BCUT2D eigenvalue weighted by Gasteiger charge is 2.47. The quantitative estimate of drug-likeness (QED) is 0.356. The van der Waals surface area contributed by atoms with Crippen LogP contribution in [0.15, 0.2) is 72.3 Å². The van der Waals surface area contributed by atoms with Crippen molar-refractivity contribution in [3.05, 3.63) is 100 Å². The second-order valence-electron chi connectivity index (χ2n) is 7.74. The minimum Gasteiger partial charge on any atom is -0.507 e. The Morgan fingerprint density at radius 3 is 2.22 bits per heavy atom. The van der Waals surface area contributed by atoms with Crippen LogP contribution in [0.3, 0.4) is 0 Å². The summed E-state index contributed by atoms with van der Waals surface area (Å²) in [6, 6.07) is 16.8. The predicted molar refractivity (Wildman–Crippen MR) is 120 cm³/mol. The zero-order valence-corrected chi connectivity index (χ0v) is 17.9. The maximum absolute atomic E-state index is 13.4. The van der Waals surface area contributed by atoms with Gasteiger partial charge in [0.25, 0.3) is 11.7 Å². The number of benzene rings is 3. The minimum atomic E-state index is -0.854. The molecule has 0 spiro atoms. The van der Waals surface area contributed by atoms with Crippen LogP contribution < -0.4 is 9.64 Å². The van der Waals surface area contributed by atoms with Crippen LogP contribution in [-0.4, -0.2) is 23.9 Å². The molecule has 0 aliphatic carbocycles. The molecule has 0 bridgehead atoms. The Morgan fingerprint density at radius 2 is 1.62 bits per heavy atom. The number of ether oxygens (including phenoxy) is 1. The van der Waals surface area contributed by atoms with Crippen LogP contribution in [0.25, 0.3) is 5.76 Å². The number of nitrogens with zero attached hydrogens (tertiary/aromatic N) is 1. The predicted octanol–water partition coefficient (Wildman–Crippen LogP) is 5.08. The van der Waals surface area contributed by atoms with E-state index in [9.17, 15) is 19.1 Å². The molecule has 5 nitrogen and oxygen atoms in total. The van der Waals surface area contributed by atoms with E-state index in [-0.39, 0.29) is 16.9 Å². The SMILES string of the molecule is COc1ccc(C2/C(=C(\O)c3ccc(F)cc3)C(=O)C(=O)N2c2ccc(C)cc2C)cc1. The molecule has 0 radical (unpaired) electrons. The summed E-state index contributed by atoms with van der Waals surface area (Å²) in [5, 5.41) is 11.0. The number of ketones is 1. The van der Waals surface area contributed by atoms with Crippen LogP contribution in [0.4, 0.5) is 10.1 Å². The Kier molecular flexibility index (Phi) is 5.53. The van der Waals surface area contributed by atoms with Crippen molar-refractivity contribution in [1.29, 1.82) is 0 Å². The standard InChI is InChI=1S/C26H22FNO4/c1-15-4-13-21(16(2)14-15)28-23(17-7-11-20(32-3)12-8-17)22(25(30)26(28)31)24(29)18-5-9-19(27)10-6-18/h4-14,23,29H,1-3H3/b24-22+. The van der Waals surface area contributed by atoms with Crippen molar-refractivity contribution in [2.45, 2.75) is 19.9 Å². The van der Waals surface area contributed by atoms with Crippen molar-refractivity contribution < 1.29 is 23.8 Å². The normalized spacial score (nSPS) is 17.6. The Morgan fingerprint density at radius 1 is 0.969 bits per heavy atom. The molecule has 1 fully saturated rings. The molecule has 1 amide bonds. The number of hydrogen-bond acceptors (Lipinski definition) is 4. The maximum atomic E-state index is 13.4. The molecule has 1 N–H and O–H groups in total. The first-order valence-corrected chi connectivity index (χ1v) is 10.1. The third-order valence-corrected chi connectivity index (χ3v) is 5.61. The number of aryl methyl sites for hydroxylation is 2. The number of halogens is 1. The van der Waals surface area contributed by atoms with Crippen molar-refractivity contribution in [3.63, 3.8) is 0 Å². The number of carbonyl (C=O) groups excluding carboxylic acids is 2. The maximum Gasteiger partial charge on any atom is 0.300 e. The third-order valence-electron chi connectivity index (χ3n) is 5.61. The van der Waals surface area contributed by atoms with Crippen molar-refractivity contribution >= 4 is 23.1 Å². The minimum absolute atomic E-state index is 0.0493. The molecule has 1 aliphatic heterocycles. The van der Waals surface area contributed by atoms with Gasteiger partial charge in [-0.1, -0.05) is 29.8 Å². The van der Waals surface area contributed by atoms with Crippen LogP contribution in [0.5, 0.6) is 5.75 Å². The molecule has 1 heterocycles. The summed E-state index contributed by atoms with van der Waals surface area (Å²) in [7, 11) is 1.55. The summed E-state index contributed by atoms with van der Waals surface area (Å²) in [6.07, 6.45) is 0. The summed E-state index contributed by atoms with van der Waals surface area (Å²) >= 11 is 0. The Hall–Kier alpha value is -3.93. The van der Waals surface area contributed by atoms with Gasteiger partial charge in [-0.3, -0.25) is 14.5 Å². The second kappa shape index (κ2) is 8.30. The lowest BCUT2D eigenvalue weighted by molar-refractivity contribution is -0.132. The largest absolute Gasteiger partial charge is 0.507 e. The van der Waals surface area contributed by atoms with Gasteiger partial charge in [-0.25, -0.2) is 4.39 Å². The lowest BCUT2D eigenvalue weighted by Gasteiger charge is -2.27. The first-order chi connectivity index (χ1) is 15.3. The van der Waals surface area contributed by atoms with Gasteiger partial charge in [0.2, 0.25) is 0 Å². The number of Topliss-reactive ketones (excluding diaryl/α,β-unsaturated/α-hetero) is 1. The van der Waals surface area contributed by atoms with Crippen LogP contribution in [-0.2, 0) is 9.59 Å². The molecule has 1 aliphatic rings. The summed E-state index contributed by atoms with van der Waals surface area (Å²) in [5.41, 5.74) is 3.27. The van der Waals surface area contributed by atoms with E-state index >= 15 is 0 Å². The van der Waals surface area contributed by atoms with E-state index in [0.29, 0.717) is 17.0 Å². The summed E-state index contributed by atoms with van der Waals surface area (Å²) in [5.74, 6) is -1.73. The number of carbonyl (C=O) groups is 2. The molecule has 162 valence electrons. The first kappa shape index (κ1) is 21.3. The van der Waals surface area contributed by atoms with Gasteiger partial charge < -0.3 is 9.84 Å². The Balaban J connectivity index is 1.95. The van der Waals surface area contributed by atoms with Gasteiger partial charge in [-0.05, 0) is 67.4 Å². The van der Waals surface area contributed by atoms with Crippen molar-refractivity contribution in [3.8, 4) is 5.75 Å². The lowest BCUT2D eigenvalue weighted by Crippen LogP contribution is -2.30. The van der Waals surface area contributed by atoms with Gasteiger partial charge in [0.15, 0.2) is 0 Å². The van der Waals surface area contributed by atoms with E-state index in [1.54, 1.807) is 37.4 Å². The first-order valence-electron chi connectivity index (χ1n) is 10.1. The van der Waals surface area contributed by atoms with E-state index < -0.39 is 23.5 Å². The summed E-state index contributed by atoms with van der Waals surface area (Å²) < 4.78 is 18.6. The highest BCUT2D eigenvalue weighted by atomic mass is 19.1. The molecular formula is C26H22FNO4. The van der Waals surface area contributed by atoms with Crippen molar-refractivity contribution in [1.82, 2.24) is 0 Å². The highest BCUT2D eigenvalue weighted by molar-refractivity contribution is 6.51. The van der Waals surface area contributed by atoms with Gasteiger partial charge in [0.1, 0.15) is 17.3 Å². The summed E-state index contributed by atoms with van der Waals surface area (Å²) in [4.78, 5) is 27.8. The number of rotatable bonds is 4. The number of amides is 1. The fourth-order valence-corrected chi connectivity index (χ4v) is 4.02. The lowest BCUT2D eigenvalue weighted by atomic mass is 9.94. The number of methoxy groups -OCH3 is 1. The molecule has 0 aromatic heterocycles. The fraction of sp³-hybridized carbons (Fsp3) is 0.154. The van der Waals surface area contributed by atoms with E-state index in [1.165, 1.54) is 29.2 Å². The molecule has 6 heteroatoms. The van der Waals surface area contributed by atoms with E-state index in [4.69, 9.17) is 4.74 Å². The van der Waals surface area contributed by atoms with Crippen LogP contribution in [0, 0.1) is 19.7 Å². The van der Waals surface area contributed by atoms with E-state index in [0.717, 1.165) is 11.1 Å². The van der Waals surface area contributed by atoms with Crippen LogP contribution in [0.2, 0.25) is 0 Å². The van der Waals surface area contributed by atoms with Crippen molar-refractivity contribution in [2.24, 2.45) is 0 Å². The van der Waals surface area contributed by atoms with Gasteiger partial charge in [-0.2, -0.15) is 0 Å². The molecule has 3 aromatic rings. The van der Waals surface area contributed by atoms with Crippen LogP contribution in [0.1, 0.15) is 28.3 Å². The number of anilines is 1. The summed E-state index contributed by atoms with van der Waals surface area (Å²) in [6.45, 7) is 3.81. The third kappa shape index (κ3) is 3.64. The average Bonchev–Trinajstić information content (AvgIpc) is 3.04. The second-order valence-corrected chi connectivity index (χ2v) is 7.74. The molecule has 1 atom stereocenters. The van der Waals surface area contributed by atoms with Crippen LogP contribution >= 0.6 is 0 Å². The molecule has 4 rings (SSSR count). The molecule has 0 saturated carbocycles. The molecule has 3 aromatic carbocycles. The van der Waals surface area contributed by atoms with E-state index in [1.807, 2.05) is 26.0 Å². The molecular weight excluding hydrogens is 409 g/mol. The molecule has 1 unspecified atom stereocenters. The molecule has 1 saturated heterocycles. The Labute approximate surface area is 185 Å². The zero-order chi connectivity index (χ0) is 23.0. The smallest absolute Gasteiger partial charge is 0.300 e. The number of aliphatic hydroxyl groups excluding tert-OH is 1.